The molecule has 0 bridgehead atoms. The lowest BCUT2D eigenvalue weighted by Gasteiger charge is -2.16. The number of aromatic amines is 1. The molecule has 1 heterocycles. The Balaban J connectivity index is 2.17. The van der Waals surface area contributed by atoms with Crippen LogP contribution in [0.15, 0.2) is 24.5 Å². The first-order valence-electron chi connectivity index (χ1n) is 5.86. The molecule has 110 valence electrons. The van der Waals surface area contributed by atoms with E-state index >= 15 is 0 Å². The van der Waals surface area contributed by atoms with E-state index in [9.17, 15) is 9.59 Å². The first-order valence-corrected chi connectivity index (χ1v) is 6.61. The Bertz CT molecular complexity index is 700. The molecule has 0 spiro atoms. The number of carbonyl (C=O) groups is 2. The van der Waals surface area contributed by atoms with Gasteiger partial charge in [-0.15, -0.1) is 0 Å². The Kier molecular flexibility index (Phi) is 4.50. The lowest BCUT2D eigenvalue weighted by molar-refractivity contribution is 0.0674. The van der Waals surface area contributed by atoms with Crippen molar-refractivity contribution in [1.82, 2.24) is 14.9 Å². The maximum atomic E-state index is 12.2. The molecule has 0 aliphatic carbocycles. The standard InChI is InChI=1S/C13H11Cl2N3O3/c1-18(5-7-2-3-8(14)9(15)4-7)12(19)10-11(13(20)21)17-6-16-10/h2-4,6H,5H2,1H3,(H,16,17)(H,20,21). The number of carboxylic acids is 1. The number of benzene rings is 1. The van der Waals surface area contributed by atoms with Gasteiger partial charge in [0.25, 0.3) is 5.91 Å². The predicted molar refractivity (Wildman–Crippen MR) is 77.8 cm³/mol. The van der Waals surface area contributed by atoms with Gasteiger partial charge in [0.15, 0.2) is 11.4 Å². The van der Waals surface area contributed by atoms with Gasteiger partial charge in [-0.3, -0.25) is 4.79 Å². The molecule has 0 radical (unpaired) electrons. The molecule has 0 aliphatic heterocycles. The van der Waals surface area contributed by atoms with E-state index in [0.29, 0.717) is 10.0 Å². The third-order valence-corrected chi connectivity index (χ3v) is 3.55. The van der Waals surface area contributed by atoms with E-state index in [1.807, 2.05) is 0 Å². The van der Waals surface area contributed by atoms with E-state index in [1.54, 1.807) is 25.2 Å². The van der Waals surface area contributed by atoms with Gasteiger partial charge in [-0.05, 0) is 17.7 Å². The first kappa shape index (κ1) is 15.3. The quantitative estimate of drug-likeness (QED) is 0.903. The minimum atomic E-state index is -1.24. The van der Waals surface area contributed by atoms with E-state index in [1.165, 1.54) is 11.2 Å². The molecule has 0 saturated heterocycles. The van der Waals surface area contributed by atoms with Crippen LogP contribution in [-0.4, -0.2) is 38.9 Å². The average Bonchev–Trinajstić information content (AvgIpc) is 2.91. The van der Waals surface area contributed by atoms with Crippen molar-refractivity contribution in [2.45, 2.75) is 6.54 Å². The topological polar surface area (TPSA) is 86.3 Å². The van der Waals surface area contributed by atoms with Crippen molar-refractivity contribution in [3.05, 3.63) is 51.5 Å². The summed E-state index contributed by atoms with van der Waals surface area (Å²) >= 11 is 11.7. The van der Waals surface area contributed by atoms with Gasteiger partial charge in [-0.25, -0.2) is 9.78 Å². The maximum Gasteiger partial charge on any atom is 0.354 e. The molecule has 0 fully saturated rings. The number of rotatable bonds is 4. The second-order valence-electron chi connectivity index (χ2n) is 4.34. The zero-order valence-corrected chi connectivity index (χ0v) is 12.4. The molecule has 0 atom stereocenters. The van der Waals surface area contributed by atoms with Crippen LogP contribution in [0.1, 0.15) is 26.5 Å². The Morgan fingerprint density at radius 3 is 2.67 bits per heavy atom. The summed E-state index contributed by atoms with van der Waals surface area (Å²) in [6, 6.07) is 5.02. The number of nitrogens with one attached hydrogen (secondary N) is 1. The molecule has 1 aromatic heterocycles. The average molecular weight is 328 g/mol. The fourth-order valence-electron chi connectivity index (χ4n) is 1.78. The number of hydrogen-bond donors (Lipinski definition) is 2. The van der Waals surface area contributed by atoms with Crippen molar-refractivity contribution in [3.63, 3.8) is 0 Å². The van der Waals surface area contributed by atoms with Crippen molar-refractivity contribution >= 4 is 35.1 Å². The highest BCUT2D eigenvalue weighted by Crippen LogP contribution is 2.23. The second kappa shape index (κ2) is 6.15. The maximum absolute atomic E-state index is 12.2. The molecular formula is C13H11Cl2N3O3. The highest BCUT2D eigenvalue weighted by molar-refractivity contribution is 6.42. The van der Waals surface area contributed by atoms with Crippen molar-refractivity contribution in [2.75, 3.05) is 7.05 Å². The van der Waals surface area contributed by atoms with Crippen molar-refractivity contribution in [2.24, 2.45) is 0 Å². The molecule has 0 saturated carbocycles. The number of aromatic nitrogens is 2. The van der Waals surface area contributed by atoms with Crippen LogP contribution < -0.4 is 0 Å². The lowest BCUT2D eigenvalue weighted by atomic mass is 10.2. The van der Waals surface area contributed by atoms with Gasteiger partial charge in [0.05, 0.1) is 16.4 Å². The Labute approximate surface area is 130 Å². The summed E-state index contributed by atoms with van der Waals surface area (Å²) in [6.45, 7) is 0.252. The van der Waals surface area contributed by atoms with Gasteiger partial charge in [0.1, 0.15) is 0 Å². The van der Waals surface area contributed by atoms with Crippen LogP contribution in [0.25, 0.3) is 0 Å². The number of aromatic carboxylic acids is 1. The van der Waals surface area contributed by atoms with Crippen LogP contribution in [-0.2, 0) is 6.54 Å². The number of carboxylic acid groups (broad SMARTS) is 1. The third kappa shape index (κ3) is 3.34. The highest BCUT2D eigenvalue weighted by atomic mass is 35.5. The Hall–Kier alpha value is -2.05. The molecule has 8 heteroatoms. The fraction of sp³-hybridized carbons (Fsp3) is 0.154. The summed E-state index contributed by atoms with van der Waals surface area (Å²) in [5, 5.41) is 9.78. The molecule has 2 aromatic rings. The summed E-state index contributed by atoms with van der Waals surface area (Å²) in [6.07, 6.45) is 1.17. The van der Waals surface area contributed by atoms with Gasteiger partial charge < -0.3 is 15.0 Å². The van der Waals surface area contributed by atoms with Gasteiger partial charge in [-0.1, -0.05) is 29.3 Å². The van der Waals surface area contributed by atoms with Gasteiger partial charge in [0, 0.05) is 13.6 Å². The van der Waals surface area contributed by atoms with Crippen LogP contribution in [0.2, 0.25) is 10.0 Å². The number of hydrogen-bond acceptors (Lipinski definition) is 3. The number of amides is 1. The van der Waals surface area contributed by atoms with E-state index in [2.05, 4.69) is 9.97 Å². The number of imidazole rings is 1. The predicted octanol–water partition coefficient (Wildman–Crippen LogP) is 2.69. The van der Waals surface area contributed by atoms with E-state index in [0.717, 1.165) is 5.56 Å². The number of H-pyrrole nitrogens is 1. The van der Waals surface area contributed by atoms with Gasteiger partial charge in [0.2, 0.25) is 0 Å². The van der Waals surface area contributed by atoms with Crippen molar-refractivity contribution in [3.8, 4) is 0 Å². The number of halogens is 2. The highest BCUT2D eigenvalue weighted by Gasteiger charge is 2.22. The summed E-state index contributed by atoms with van der Waals surface area (Å²) < 4.78 is 0. The SMILES string of the molecule is CN(Cc1ccc(Cl)c(Cl)c1)C(=O)c1nc[nH]c1C(=O)O. The molecule has 2 N–H and O–H groups in total. The molecule has 0 unspecified atom stereocenters. The zero-order chi connectivity index (χ0) is 15.6. The summed E-state index contributed by atoms with van der Waals surface area (Å²) in [4.78, 5) is 30.7. The smallest absolute Gasteiger partial charge is 0.354 e. The van der Waals surface area contributed by atoms with E-state index < -0.39 is 11.9 Å². The van der Waals surface area contributed by atoms with Gasteiger partial charge in [-0.2, -0.15) is 0 Å². The first-order chi connectivity index (χ1) is 9.90. The molecule has 1 aromatic carbocycles. The van der Waals surface area contributed by atoms with Crippen LogP contribution in [0.4, 0.5) is 0 Å². The Morgan fingerprint density at radius 2 is 2.05 bits per heavy atom. The van der Waals surface area contributed by atoms with Crippen molar-refractivity contribution < 1.29 is 14.7 Å². The minimum Gasteiger partial charge on any atom is -0.477 e. The molecule has 21 heavy (non-hydrogen) atoms. The number of nitrogens with zero attached hydrogens (tertiary/aromatic N) is 2. The van der Waals surface area contributed by atoms with Crippen molar-refractivity contribution in [1.29, 1.82) is 0 Å². The van der Waals surface area contributed by atoms with Crippen LogP contribution in [0.3, 0.4) is 0 Å². The minimum absolute atomic E-state index is 0.134. The molecule has 2 rings (SSSR count). The largest absolute Gasteiger partial charge is 0.477 e. The molecule has 1 amide bonds. The van der Waals surface area contributed by atoms with E-state index in [4.69, 9.17) is 28.3 Å². The lowest BCUT2D eigenvalue weighted by Crippen LogP contribution is -2.28. The second-order valence-corrected chi connectivity index (χ2v) is 5.16. The van der Waals surface area contributed by atoms with Gasteiger partial charge >= 0.3 is 5.97 Å². The Morgan fingerprint density at radius 1 is 1.33 bits per heavy atom. The molecule has 6 nitrogen and oxygen atoms in total. The molecule has 0 aliphatic rings. The monoisotopic (exact) mass is 327 g/mol. The van der Waals surface area contributed by atoms with Crippen LogP contribution >= 0.6 is 23.2 Å². The zero-order valence-electron chi connectivity index (χ0n) is 10.9. The van der Waals surface area contributed by atoms with E-state index in [-0.39, 0.29) is 17.9 Å². The normalized spacial score (nSPS) is 10.4. The third-order valence-electron chi connectivity index (χ3n) is 2.81. The molecular weight excluding hydrogens is 317 g/mol. The summed E-state index contributed by atoms with van der Waals surface area (Å²) in [5.41, 5.74) is 0.402. The summed E-state index contributed by atoms with van der Waals surface area (Å²) in [7, 11) is 1.55. The number of carbonyl (C=O) groups excluding carboxylic acids is 1. The van der Waals surface area contributed by atoms with Crippen LogP contribution in [0, 0.1) is 0 Å². The summed E-state index contributed by atoms with van der Waals surface area (Å²) in [5.74, 6) is -1.74. The fourth-order valence-corrected chi connectivity index (χ4v) is 2.10. The van der Waals surface area contributed by atoms with Crippen LogP contribution in [0.5, 0.6) is 0 Å².